The van der Waals surface area contributed by atoms with Crippen LogP contribution in [0, 0.1) is 0 Å². The Morgan fingerprint density at radius 2 is 2.08 bits per heavy atom. The topological polar surface area (TPSA) is 87.0 Å². The Balaban J connectivity index is 2.92. The van der Waals surface area contributed by atoms with Gasteiger partial charge in [-0.05, 0) is 0 Å². The zero-order valence-corrected chi connectivity index (χ0v) is 8.01. The first-order valence-electron chi connectivity index (χ1n) is 3.71. The van der Waals surface area contributed by atoms with Crippen LogP contribution < -0.4 is 11.5 Å². The van der Waals surface area contributed by atoms with Crippen molar-refractivity contribution in [3.8, 4) is 0 Å². The number of nitrogen functional groups attached to an aromatic ring is 2. The summed E-state index contributed by atoms with van der Waals surface area (Å²) < 4.78 is 4.88. The smallest absolute Gasteiger partial charge is 0.223 e. The van der Waals surface area contributed by atoms with Crippen LogP contribution in [0.15, 0.2) is 0 Å². The molecule has 1 aromatic heterocycles. The van der Waals surface area contributed by atoms with Crippen molar-refractivity contribution in [1.82, 2.24) is 9.97 Å². The minimum Gasteiger partial charge on any atom is -0.384 e. The second kappa shape index (κ2) is 4.25. The molecule has 1 aromatic rings. The lowest BCUT2D eigenvalue weighted by atomic mass is 10.2. The van der Waals surface area contributed by atoms with Crippen LogP contribution in [0.4, 0.5) is 11.8 Å². The first-order chi connectivity index (χ1) is 6.15. The maximum atomic E-state index is 5.80. The normalized spacial score (nSPS) is 10.3. The zero-order chi connectivity index (χ0) is 9.84. The molecule has 0 unspecified atom stereocenters. The Bertz CT molecular complexity index is 282. The molecule has 0 aliphatic heterocycles. The molecule has 0 aliphatic carbocycles. The predicted octanol–water partition coefficient (Wildman–Crippen LogP) is 0.483. The summed E-state index contributed by atoms with van der Waals surface area (Å²) in [5.74, 6) is 0.401. The average molecular weight is 203 g/mol. The molecule has 0 radical (unpaired) electrons. The van der Waals surface area contributed by atoms with Gasteiger partial charge in [0.25, 0.3) is 0 Å². The Labute approximate surface area is 81.1 Å². The van der Waals surface area contributed by atoms with E-state index in [1.54, 1.807) is 7.11 Å². The number of halogens is 1. The number of aromatic nitrogens is 2. The van der Waals surface area contributed by atoms with Crippen LogP contribution in [0.25, 0.3) is 0 Å². The third kappa shape index (κ3) is 2.43. The molecular formula is C7H11ClN4O. The summed E-state index contributed by atoms with van der Waals surface area (Å²) in [5, 5.41) is 0.294. The fraction of sp³-hybridized carbons (Fsp3) is 0.429. The molecule has 0 saturated heterocycles. The summed E-state index contributed by atoms with van der Waals surface area (Å²) in [6.07, 6.45) is 0.585. The molecule has 0 saturated carbocycles. The Morgan fingerprint density at radius 1 is 1.38 bits per heavy atom. The highest BCUT2D eigenvalue weighted by Crippen LogP contribution is 2.19. The summed E-state index contributed by atoms with van der Waals surface area (Å²) in [6.45, 7) is 0.525. The summed E-state index contributed by atoms with van der Waals surface area (Å²) >= 11 is 5.80. The lowest BCUT2D eigenvalue weighted by Gasteiger charge is -2.06. The predicted molar refractivity (Wildman–Crippen MR) is 51.4 cm³/mol. The van der Waals surface area contributed by atoms with Gasteiger partial charge in [0.05, 0.1) is 6.61 Å². The highest BCUT2D eigenvalue weighted by atomic mass is 35.5. The molecule has 0 bridgehead atoms. The van der Waals surface area contributed by atoms with Crippen LogP contribution in [-0.2, 0) is 11.2 Å². The highest BCUT2D eigenvalue weighted by Gasteiger charge is 2.08. The van der Waals surface area contributed by atoms with E-state index in [1.165, 1.54) is 0 Å². The van der Waals surface area contributed by atoms with Gasteiger partial charge in [0.1, 0.15) is 11.0 Å². The van der Waals surface area contributed by atoms with Crippen LogP contribution in [-0.4, -0.2) is 23.7 Å². The molecule has 0 aromatic carbocycles. The average Bonchev–Trinajstić information content (AvgIpc) is 2.02. The summed E-state index contributed by atoms with van der Waals surface area (Å²) in [5.41, 5.74) is 11.6. The SMILES string of the molecule is COCCc1c(N)nc(N)nc1Cl. The third-order valence-corrected chi connectivity index (χ3v) is 1.87. The molecule has 0 spiro atoms. The van der Waals surface area contributed by atoms with Crippen molar-refractivity contribution in [2.24, 2.45) is 0 Å². The number of rotatable bonds is 3. The molecule has 1 heterocycles. The second-order valence-corrected chi connectivity index (χ2v) is 2.84. The molecule has 0 fully saturated rings. The first kappa shape index (κ1) is 10.0. The van der Waals surface area contributed by atoms with Gasteiger partial charge >= 0.3 is 0 Å². The van der Waals surface area contributed by atoms with Crippen LogP contribution in [0.3, 0.4) is 0 Å². The molecule has 4 N–H and O–H groups in total. The summed E-state index contributed by atoms with van der Waals surface area (Å²) in [6, 6.07) is 0. The van der Waals surface area contributed by atoms with E-state index in [9.17, 15) is 0 Å². The number of nitrogens with zero attached hydrogens (tertiary/aromatic N) is 2. The van der Waals surface area contributed by atoms with Gasteiger partial charge in [0.15, 0.2) is 0 Å². The van der Waals surface area contributed by atoms with E-state index < -0.39 is 0 Å². The zero-order valence-electron chi connectivity index (χ0n) is 7.25. The molecule has 72 valence electrons. The van der Waals surface area contributed by atoms with Gasteiger partial charge in [0.2, 0.25) is 5.95 Å². The molecule has 1 rings (SSSR count). The van der Waals surface area contributed by atoms with E-state index in [4.69, 9.17) is 27.8 Å². The Kier molecular flexibility index (Phi) is 3.27. The number of ether oxygens (including phenoxy) is 1. The molecule has 0 atom stereocenters. The number of hydrogen-bond acceptors (Lipinski definition) is 5. The van der Waals surface area contributed by atoms with E-state index in [0.29, 0.717) is 29.6 Å². The van der Waals surface area contributed by atoms with Crippen LogP contribution in [0.1, 0.15) is 5.56 Å². The van der Waals surface area contributed by atoms with E-state index in [2.05, 4.69) is 9.97 Å². The molecule has 5 nitrogen and oxygen atoms in total. The van der Waals surface area contributed by atoms with E-state index in [1.807, 2.05) is 0 Å². The van der Waals surface area contributed by atoms with Crippen LogP contribution >= 0.6 is 11.6 Å². The standard InChI is InChI=1S/C7H11ClN4O/c1-13-3-2-4-5(8)11-7(10)12-6(4)9/h2-3H2,1H3,(H4,9,10,11,12). The lowest BCUT2D eigenvalue weighted by molar-refractivity contribution is 0.202. The van der Waals surface area contributed by atoms with Crippen molar-refractivity contribution in [3.05, 3.63) is 10.7 Å². The van der Waals surface area contributed by atoms with Crippen molar-refractivity contribution in [1.29, 1.82) is 0 Å². The molecule has 0 amide bonds. The number of anilines is 2. The largest absolute Gasteiger partial charge is 0.384 e. The van der Waals surface area contributed by atoms with Crippen molar-refractivity contribution in [2.75, 3.05) is 25.2 Å². The second-order valence-electron chi connectivity index (χ2n) is 2.48. The van der Waals surface area contributed by atoms with Crippen molar-refractivity contribution in [2.45, 2.75) is 6.42 Å². The maximum absolute atomic E-state index is 5.80. The van der Waals surface area contributed by atoms with Crippen molar-refractivity contribution >= 4 is 23.4 Å². The monoisotopic (exact) mass is 202 g/mol. The quantitative estimate of drug-likeness (QED) is 0.697. The minimum atomic E-state index is 0.0867. The van der Waals surface area contributed by atoms with Gasteiger partial charge in [-0.2, -0.15) is 4.98 Å². The number of hydrogen-bond donors (Lipinski definition) is 2. The highest BCUT2D eigenvalue weighted by molar-refractivity contribution is 6.30. The molecular weight excluding hydrogens is 192 g/mol. The number of nitrogens with two attached hydrogens (primary N) is 2. The minimum absolute atomic E-state index is 0.0867. The van der Waals surface area contributed by atoms with Gasteiger partial charge in [-0.15, -0.1) is 0 Å². The van der Waals surface area contributed by atoms with Gasteiger partial charge < -0.3 is 16.2 Å². The Morgan fingerprint density at radius 3 is 2.62 bits per heavy atom. The fourth-order valence-corrected chi connectivity index (χ4v) is 1.20. The fourth-order valence-electron chi connectivity index (χ4n) is 0.925. The number of methoxy groups -OCH3 is 1. The molecule has 0 aliphatic rings. The van der Waals surface area contributed by atoms with Gasteiger partial charge in [0, 0.05) is 19.1 Å². The Hall–Kier alpha value is -1.07. The summed E-state index contributed by atoms with van der Waals surface area (Å²) in [4.78, 5) is 7.58. The molecule has 13 heavy (non-hydrogen) atoms. The van der Waals surface area contributed by atoms with Crippen LogP contribution in [0.5, 0.6) is 0 Å². The van der Waals surface area contributed by atoms with E-state index >= 15 is 0 Å². The molecule has 6 heteroatoms. The van der Waals surface area contributed by atoms with Gasteiger partial charge in [-0.1, -0.05) is 11.6 Å². The van der Waals surface area contributed by atoms with Crippen molar-refractivity contribution in [3.63, 3.8) is 0 Å². The van der Waals surface area contributed by atoms with Gasteiger partial charge in [-0.3, -0.25) is 0 Å². The van der Waals surface area contributed by atoms with Crippen molar-refractivity contribution < 1.29 is 4.74 Å². The first-order valence-corrected chi connectivity index (χ1v) is 4.09. The van der Waals surface area contributed by atoms with Crippen LogP contribution in [0.2, 0.25) is 5.15 Å². The van der Waals surface area contributed by atoms with E-state index in [0.717, 1.165) is 0 Å². The third-order valence-electron chi connectivity index (χ3n) is 1.56. The maximum Gasteiger partial charge on any atom is 0.223 e. The van der Waals surface area contributed by atoms with Gasteiger partial charge in [-0.25, -0.2) is 4.98 Å². The summed E-state index contributed by atoms with van der Waals surface area (Å²) in [7, 11) is 1.60. The lowest BCUT2D eigenvalue weighted by Crippen LogP contribution is -2.07. The van der Waals surface area contributed by atoms with E-state index in [-0.39, 0.29) is 5.95 Å².